The summed E-state index contributed by atoms with van der Waals surface area (Å²) in [6, 6.07) is 16.6. The van der Waals surface area contributed by atoms with Gasteiger partial charge in [0.05, 0.1) is 10.1 Å². The molecule has 3 aromatic rings. The maximum atomic E-state index is 13.8. The highest BCUT2D eigenvalue weighted by Gasteiger charge is 2.31. The monoisotopic (exact) mass is 380 g/mol. The third-order valence-electron chi connectivity index (χ3n) is 5.99. The Kier molecular flexibility index (Phi) is 5.23. The average molecular weight is 381 g/mol. The fourth-order valence-corrected chi connectivity index (χ4v) is 6.79. The van der Waals surface area contributed by atoms with E-state index in [4.69, 9.17) is 0 Å². The molecule has 0 fully saturated rings. The third kappa shape index (κ3) is 3.50. The topological polar surface area (TPSA) is 34.1 Å². The Morgan fingerprint density at radius 1 is 0.926 bits per heavy atom. The highest BCUT2D eigenvalue weighted by molar-refractivity contribution is 7.92. The number of rotatable bonds is 3. The van der Waals surface area contributed by atoms with Crippen molar-refractivity contribution in [1.29, 1.82) is 0 Å². The van der Waals surface area contributed by atoms with E-state index < -0.39 is 9.84 Å². The van der Waals surface area contributed by atoms with E-state index in [-0.39, 0.29) is 5.25 Å². The van der Waals surface area contributed by atoms with Crippen molar-refractivity contribution < 1.29 is 8.42 Å². The van der Waals surface area contributed by atoms with E-state index in [0.717, 1.165) is 78.5 Å². The second-order valence-corrected chi connectivity index (χ2v) is 10.0. The van der Waals surface area contributed by atoms with Crippen molar-refractivity contribution in [2.75, 3.05) is 0 Å². The SMILES string of the molecule is CCCCC1CCCCCc2ccc3cc4ccccc4cc3c2S1(=O)=O. The molecule has 1 aliphatic heterocycles. The van der Waals surface area contributed by atoms with Gasteiger partial charge in [0.25, 0.3) is 0 Å². The molecule has 3 aromatic carbocycles. The predicted octanol–water partition coefficient (Wildman–Crippen LogP) is 6.44. The molecule has 142 valence electrons. The van der Waals surface area contributed by atoms with Crippen LogP contribution in [-0.2, 0) is 16.3 Å². The van der Waals surface area contributed by atoms with Gasteiger partial charge in [-0.3, -0.25) is 0 Å². The first kappa shape index (κ1) is 18.5. The molecule has 0 N–H and O–H groups in total. The second kappa shape index (κ2) is 7.63. The van der Waals surface area contributed by atoms with Gasteiger partial charge in [0.15, 0.2) is 9.84 Å². The van der Waals surface area contributed by atoms with Gasteiger partial charge in [-0.05, 0) is 59.5 Å². The van der Waals surface area contributed by atoms with Crippen LogP contribution in [0.15, 0.2) is 53.4 Å². The van der Waals surface area contributed by atoms with E-state index in [1.807, 2.05) is 12.1 Å². The number of sulfone groups is 1. The van der Waals surface area contributed by atoms with Crippen LogP contribution in [-0.4, -0.2) is 13.7 Å². The first-order valence-electron chi connectivity index (χ1n) is 10.3. The molecular formula is C24H28O2S. The number of hydrogen-bond acceptors (Lipinski definition) is 2. The fraction of sp³-hybridized carbons (Fsp3) is 0.417. The van der Waals surface area contributed by atoms with Crippen LogP contribution in [0.5, 0.6) is 0 Å². The van der Waals surface area contributed by atoms with Crippen LogP contribution < -0.4 is 0 Å². The third-order valence-corrected chi connectivity index (χ3v) is 8.39. The maximum absolute atomic E-state index is 13.8. The highest BCUT2D eigenvalue weighted by Crippen LogP contribution is 2.36. The molecule has 0 radical (unpaired) electrons. The van der Waals surface area contributed by atoms with E-state index >= 15 is 0 Å². The molecule has 1 aliphatic rings. The lowest BCUT2D eigenvalue weighted by atomic mass is 9.99. The van der Waals surface area contributed by atoms with Gasteiger partial charge < -0.3 is 0 Å². The summed E-state index contributed by atoms with van der Waals surface area (Å²) in [6.07, 6.45) is 7.66. The van der Waals surface area contributed by atoms with Gasteiger partial charge in [0.1, 0.15) is 0 Å². The van der Waals surface area contributed by atoms with Crippen LogP contribution in [0.25, 0.3) is 21.5 Å². The molecule has 4 rings (SSSR count). The van der Waals surface area contributed by atoms with Gasteiger partial charge in [-0.1, -0.05) is 69.0 Å². The molecule has 0 bridgehead atoms. The lowest BCUT2D eigenvalue weighted by molar-refractivity contribution is 0.537. The smallest absolute Gasteiger partial charge is 0.182 e. The number of fused-ring (bicyclic) bond motifs is 4. The molecule has 1 unspecified atom stereocenters. The van der Waals surface area contributed by atoms with Crippen LogP contribution in [0.1, 0.15) is 57.4 Å². The predicted molar refractivity (Wildman–Crippen MR) is 114 cm³/mol. The Hall–Kier alpha value is -1.87. The maximum Gasteiger partial charge on any atom is 0.182 e. The van der Waals surface area contributed by atoms with Crippen LogP contribution in [0, 0.1) is 0 Å². The molecule has 0 saturated heterocycles. The van der Waals surface area contributed by atoms with Crippen LogP contribution in [0.2, 0.25) is 0 Å². The summed E-state index contributed by atoms with van der Waals surface area (Å²) in [5.41, 5.74) is 1.01. The van der Waals surface area contributed by atoms with Crippen LogP contribution >= 0.6 is 0 Å². The minimum absolute atomic E-state index is 0.244. The van der Waals surface area contributed by atoms with Crippen molar-refractivity contribution in [3.05, 3.63) is 54.1 Å². The van der Waals surface area contributed by atoms with Gasteiger partial charge in [0, 0.05) is 5.39 Å². The van der Waals surface area contributed by atoms with Crippen molar-refractivity contribution in [1.82, 2.24) is 0 Å². The quantitative estimate of drug-likeness (QED) is 0.490. The van der Waals surface area contributed by atoms with Gasteiger partial charge in [-0.2, -0.15) is 0 Å². The van der Waals surface area contributed by atoms with Gasteiger partial charge in [-0.15, -0.1) is 0 Å². The van der Waals surface area contributed by atoms with Crippen LogP contribution in [0.4, 0.5) is 0 Å². The molecule has 27 heavy (non-hydrogen) atoms. The molecular weight excluding hydrogens is 352 g/mol. The van der Waals surface area contributed by atoms with Gasteiger partial charge in [0.2, 0.25) is 0 Å². The molecule has 1 heterocycles. The van der Waals surface area contributed by atoms with E-state index in [0.29, 0.717) is 4.90 Å². The number of aryl methyl sites for hydroxylation is 1. The zero-order valence-electron chi connectivity index (χ0n) is 16.1. The lowest BCUT2D eigenvalue weighted by Gasteiger charge is -2.20. The summed E-state index contributed by atoms with van der Waals surface area (Å²) in [4.78, 5) is 0.619. The molecule has 0 saturated carbocycles. The van der Waals surface area contributed by atoms with Crippen molar-refractivity contribution in [3.63, 3.8) is 0 Å². The second-order valence-electron chi connectivity index (χ2n) is 7.88. The lowest BCUT2D eigenvalue weighted by Crippen LogP contribution is -2.22. The molecule has 0 amide bonds. The van der Waals surface area contributed by atoms with E-state index in [1.165, 1.54) is 0 Å². The molecule has 2 nitrogen and oxygen atoms in total. The first-order valence-corrected chi connectivity index (χ1v) is 11.8. The fourth-order valence-electron chi connectivity index (χ4n) is 4.48. The Labute approximate surface area is 162 Å². The van der Waals surface area contributed by atoms with Crippen molar-refractivity contribution in [2.24, 2.45) is 0 Å². The van der Waals surface area contributed by atoms with Crippen molar-refractivity contribution in [2.45, 2.75) is 68.4 Å². The van der Waals surface area contributed by atoms with Gasteiger partial charge >= 0.3 is 0 Å². The Morgan fingerprint density at radius 2 is 1.70 bits per heavy atom. The zero-order chi connectivity index (χ0) is 18.9. The summed E-state index contributed by atoms with van der Waals surface area (Å²) < 4.78 is 27.6. The number of benzene rings is 3. The summed E-state index contributed by atoms with van der Waals surface area (Å²) in [5.74, 6) is 0. The molecule has 1 atom stereocenters. The minimum atomic E-state index is -3.33. The van der Waals surface area contributed by atoms with Gasteiger partial charge in [-0.25, -0.2) is 8.42 Å². The summed E-state index contributed by atoms with van der Waals surface area (Å²) in [6.45, 7) is 2.14. The zero-order valence-corrected chi connectivity index (χ0v) is 16.9. The Morgan fingerprint density at radius 3 is 2.48 bits per heavy atom. The summed E-state index contributed by atoms with van der Waals surface area (Å²) in [7, 11) is -3.33. The summed E-state index contributed by atoms with van der Waals surface area (Å²) >= 11 is 0. The van der Waals surface area contributed by atoms with Crippen LogP contribution in [0.3, 0.4) is 0 Å². The van der Waals surface area contributed by atoms with E-state index in [2.05, 4.69) is 43.3 Å². The molecule has 0 spiro atoms. The van der Waals surface area contributed by atoms with Crippen molar-refractivity contribution in [3.8, 4) is 0 Å². The van der Waals surface area contributed by atoms with E-state index in [9.17, 15) is 8.42 Å². The molecule has 0 aromatic heterocycles. The highest BCUT2D eigenvalue weighted by atomic mass is 32.2. The Bertz CT molecular complexity index is 1070. The number of hydrogen-bond donors (Lipinski definition) is 0. The summed E-state index contributed by atoms with van der Waals surface area (Å²) in [5, 5.41) is 3.97. The largest absolute Gasteiger partial charge is 0.223 e. The van der Waals surface area contributed by atoms with E-state index in [1.54, 1.807) is 0 Å². The molecule has 3 heteroatoms. The standard InChI is InChI=1S/C24H28O2S/c1-2-3-12-22-13-6-4-5-9-18-14-15-21-16-19-10-7-8-11-20(19)17-23(21)24(18)27(22,25)26/h7-8,10-11,14-17,22H,2-6,9,12-13H2,1H3. The average Bonchev–Trinajstić information content (AvgIpc) is 2.73. The first-order chi connectivity index (χ1) is 13.1. The normalized spacial score (nSPS) is 20.0. The van der Waals surface area contributed by atoms with Crippen molar-refractivity contribution >= 4 is 31.4 Å². The number of unbranched alkanes of at least 4 members (excludes halogenated alkanes) is 1. The Balaban J connectivity index is 1.98. The molecule has 0 aliphatic carbocycles. The minimum Gasteiger partial charge on any atom is -0.223 e.